The van der Waals surface area contributed by atoms with Crippen molar-refractivity contribution < 1.29 is 9.53 Å². The van der Waals surface area contributed by atoms with E-state index in [4.69, 9.17) is 4.74 Å². The molecule has 0 aliphatic heterocycles. The first kappa shape index (κ1) is 14.0. The Balaban J connectivity index is 2.08. The van der Waals surface area contributed by atoms with Gasteiger partial charge in [-0.25, -0.2) is 4.98 Å². The van der Waals surface area contributed by atoms with Crippen LogP contribution in [0.5, 0.6) is 5.88 Å². The highest BCUT2D eigenvalue weighted by molar-refractivity contribution is 6.03. The van der Waals surface area contributed by atoms with Crippen molar-refractivity contribution in [1.29, 1.82) is 0 Å². The number of hydrogen-bond donors (Lipinski definition) is 1. The fourth-order valence-corrected chi connectivity index (χ4v) is 1.57. The van der Waals surface area contributed by atoms with Gasteiger partial charge in [-0.3, -0.25) is 9.48 Å². The molecule has 2 rings (SSSR count). The first-order valence-corrected chi connectivity index (χ1v) is 6.52. The van der Waals surface area contributed by atoms with Crippen molar-refractivity contribution in [2.75, 3.05) is 5.32 Å². The summed E-state index contributed by atoms with van der Waals surface area (Å²) in [5, 5.41) is 6.82. The van der Waals surface area contributed by atoms with Crippen molar-refractivity contribution in [3.63, 3.8) is 0 Å². The second kappa shape index (κ2) is 6.18. The second-order valence-corrected chi connectivity index (χ2v) is 4.55. The minimum absolute atomic E-state index is 0.0663. The van der Waals surface area contributed by atoms with E-state index in [9.17, 15) is 4.79 Å². The number of nitrogens with one attached hydrogen (secondary N) is 1. The zero-order valence-electron chi connectivity index (χ0n) is 11.8. The van der Waals surface area contributed by atoms with Crippen molar-refractivity contribution in [2.45, 2.75) is 26.4 Å². The van der Waals surface area contributed by atoms with E-state index in [2.05, 4.69) is 15.4 Å². The number of rotatable bonds is 5. The third-order valence-corrected chi connectivity index (χ3v) is 2.85. The number of pyridine rings is 1. The smallest absolute Gasteiger partial charge is 0.257 e. The molecule has 0 aromatic carbocycles. The second-order valence-electron chi connectivity index (χ2n) is 4.55. The van der Waals surface area contributed by atoms with E-state index < -0.39 is 0 Å². The molecule has 1 amide bonds. The van der Waals surface area contributed by atoms with Crippen molar-refractivity contribution in [3.05, 3.63) is 36.2 Å². The first-order chi connectivity index (χ1) is 9.58. The van der Waals surface area contributed by atoms with Gasteiger partial charge in [0, 0.05) is 37.1 Å². The highest BCUT2D eigenvalue weighted by Crippen LogP contribution is 2.13. The normalized spacial score (nSPS) is 11.9. The maximum atomic E-state index is 12.1. The molecule has 0 bridgehead atoms. The van der Waals surface area contributed by atoms with Gasteiger partial charge in [0.25, 0.3) is 5.91 Å². The van der Waals surface area contributed by atoms with E-state index in [1.54, 1.807) is 42.3 Å². The largest absolute Gasteiger partial charge is 0.475 e. The molecule has 1 N–H and O–H groups in total. The van der Waals surface area contributed by atoms with E-state index >= 15 is 0 Å². The van der Waals surface area contributed by atoms with Crippen LogP contribution < -0.4 is 10.1 Å². The van der Waals surface area contributed by atoms with Crippen molar-refractivity contribution in [1.82, 2.24) is 14.8 Å². The third-order valence-electron chi connectivity index (χ3n) is 2.85. The lowest BCUT2D eigenvalue weighted by atomic mass is 10.2. The van der Waals surface area contributed by atoms with E-state index in [1.807, 2.05) is 13.8 Å². The van der Waals surface area contributed by atoms with Gasteiger partial charge in [0.15, 0.2) is 5.82 Å². The summed E-state index contributed by atoms with van der Waals surface area (Å²) in [5.74, 6) is 0.729. The Morgan fingerprint density at radius 3 is 2.95 bits per heavy atom. The van der Waals surface area contributed by atoms with Crippen molar-refractivity contribution in [2.24, 2.45) is 7.05 Å². The number of hydrogen-bond acceptors (Lipinski definition) is 4. The molecule has 2 aromatic heterocycles. The molecular weight excluding hydrogens is 256 g/mol. The SMILES string of the molecule is CCC(C)Oc1cc(C(=O)Nc2ccn(C)n2)ccn1. The van der Waals surface area contributed by atoms with Gasteiger partial charge in [0.2, 0.25) is 5.88 Å². The molecule has 2 heterocycles. The number of anilines is 1. The molecule has 106 valence electrons. The first-order valence-electron chi connectivity index (χ1n) is 6.52. The molecule has 20 heavy (non-hydrogen) atoms. The Labute approximate surface area is 117 Å². The number of aromatic nitrogens is 3. The molecule has 6 nitrogen and oxygen atoms in total. The fraction of sp³-hybridized carbons (Fsp3) is 0.357. The fourth-order valence-electron chi connectivity index (χ4n) is 1.57. The Bertz CT molecular complexity index is 594. The number of aryl methyl sites for hydroxylation is 1. The lowest BCUT2D eigenvalue weighted by Gasteiger charge is -2.11. The minimum Gasteiger partial charge on any atom is -0.475 e. The minimum atomic E-state index is -0.236. The Kier molecular flexibility index (Phi) is 4.34. The van der Waals surface area contributed by atoms with Gasteiger partial charge in [-0.05, 0) is 19.4 Å². The van der Waals surface area contributed by atoms with E-state index in [1.165, 1.54) is 0 Å². The van der Waals surface area contributed by atoms with Crippen LogP contribution in [0.25, 0.3) is 0 Å². The molecule has 0 aliphatic rings. The highest BCUT2D eigenvalue weighted by Gasteiger charge is 2.10. The lowest BCUT2D eigenvalue weighted by Crippen LogP contribution is -2.14. The van der Waals surface area contributed by atoms with Gasteiger partial charge >= 0.3 is 0 Å². The summed E-state index contributed by atoms with van der Waals surface area (Å²) in [4.78, 5) is 16.2. The molecule has 0 radical (unpaired) electrons. The van der Waals surface area contributed by atoms with Crippen LogP contribution in [0.3, 0.4) is 0 Å². The summed E-state index contributed by atoms with van der Waals surface area (Å²) in [6.07, 6.45) is 4.27. The summed E-state index contributed by atoms with van der Waals surface area (Å²) in [6, 6.07) is 5.00. The number of nitrogens with zero attached hydrogens (tertiary/aromatic N) is 3. The van der Waals surface area contributed by atoms with Crippen molar-refractivity contribution in [3.8, 4) is 5.88 Å². The summed E-state index contributed by atoms with van der Waals surface area (Å²) in [6.45, 7) is 3.99. The van der Waals surface area contributed by atoms with Crippen LogP contribution in [-0.2, 0) is 7.05 Å². The molecule has 0 aliphatic carbocycles. The van der Waals surface area contributed by atoms with Gasteiger partial charge in [0.1, 0.15) is 0 Å². The van der Waals surface area contributed by atoms with Crippen LogP contribution in [0.4, 0.5) is 5.82 Å². The van der Waals surface area contributed by atoms with Crippen LogP contribution in [0.1, 0.15) is 30.6 Å². The average Bonchev–Trinajstić information content (AvgIpc) is 2.84. The monoisotopic (exact) mass is 274 g/mol. The predicted octanol–water partition coefficient (Wildman–Crippen LogP) is 2.24. The third kappa shape index (κ3) is 3.57. The molecule has 0 saturated heterocycles. The van der Waals surface area contributed by atoms with E-state index in [-0.39, 0.29) is 12.0 Å². The quantitative estimate of drug-likeness (QED) is 0.908. The maximum Gasteiger partial charge on any atom is 0.257 e. The molecule has 6 heteroatoms. The zero-order chi connectivity index (χ0) is 14.5. The molecule has 2 aromatic rings. The molecular formula is C14H18N4O2. The predicted molar refractivity (Wildman–Crippen MR) is 75.8 cm³/mol. The Hall–Kier alpha value is -2.37. The van der Waals surface area contributed by atoms with Gasteiger partial charge in [-0.15, -0.1) is 0 Å². The average molecular weight is 274 g/mol. The topological polar surface area (TPSA) is 69.0 Å². The van der Waals surface area contributed by atoms with Crippen LogP contribution >= 0.6 is 0 Å². The Morgan fingerprint density at radius 2 is 2.30 bits per heavy atom. The standard InChI is InChI=1S/C14H18N4O2/c1-4-10(2)20-13-9-11(5-7-15-13)14(19)16-12-6-8-18(3)17-12/h5-10H,4H2,1-3H3,(H,16,17,19). The molecule has 0 fully saturated rings. The van der Waals surface area contributed by atoms with Crippen LogP contribution in [0.15, 0.2) is 30.6 Å². The van der Waals surface area contributed by atoms with E-state index in [0.29, 0.717) is 17.3 Å². The van der Waals surface area contributed by atoms with Crippen LogP contribution in [-0.4, -0.2) is 26.8 Å². The highest BCUT2D eigenvalue weighted by atomic mass is 16.5. The molecule has 1 unspecified atom stereocenters. The summed E-state index contributed by atoms with van der Waals surface area (Å²) >= 11 is 0. The van der Waals surface area contributed by atoms with Gasteiger partial charge in [-0.1, -0.05) is 6.92 Å². The van der Waals surface area contributed by atoms with Gasteiger partial charge in [0.05, 0.1) is 6.10 Å². The summed E-state index contributed by atoms with van der Waals surface area (Å²) in [7, 11) is 1.79. The zero-order valence-corrected chi connectivity index (χ0v) is 11.8. The number of amides is 1. The molecule has 0 saturated carbocycles. The van der Waals surface area contributed by atoms with Crippen molar-refractivity contribution >= 4 is 11.7 Å². The maximum absolute atomic E-state index is 12.1. The van der Waals surface area contributed by atoms with Crippen LogP contribution in [0, 0.1) is 0 Å². The molecule has 0 spiro atoms. The molecule has 1 atom stereocenters. The van der Waals surface area contributed by atoms with E-state index in [0.717, 1.165) is 6.42 Å². The number of ether oxygens (including phenoxy) is 1. The number of carbonyl (C=O) groups is 1. The van der Waals surface area contributed by atoms with Gasteiger partial charge in [-0.2, -0.15) is 5.10 Å². The summed E-state index contributed by atoms with van der Waals surface area (Å²) in [5.41, 5.74) is 0.490. The lowest BCUT2D eigenvalue weighted by molar-refractivity contribution is 0.102. The van der Waals surface area contributed by atoms with Gasteiger partial charge < -0.3 is 10.1 Å². The summed E-state index contributed by atoms with van der Waals surface area (Å²) < 4.78 is 7.22. The Morgan fingerprint density at radius 1 is 1.50 bits per heavy atom. The van der Waals surface area contributed by atoms with Crippen LogP contribution in [0.2, 0.25) is 0 Å². The number of carbonyl (C=O) groups excluding carboxylic acids is 1.